The van der Waals surface area contributed by atoms with Gasteiger partial charge in [0, 0.05) is 25.2 Å². The molecule has 126 valence electrons. The molecule has 2 heterocycles. The topological polar surface area (TPSA) is 70.2 Å². The van der Waals surface area contributed by atoms with E-state index in [-0.39, 0.29) is 30.9 Å². The normalized spacial score (nSPS) is 20.2. The second kappa shape index (κ2) is 6.35. The summed E-state index contributed by atoms with van der Waals surface area (Å²) >= 11 is 0. The summed E-state index contributed by atoms with van der Waals surface area (Å²) in [6, 6.07) is 5.92. The van der Waals surface area contributed by atoms with Crippen molar-refractivity contribution >= 4 is 17.8 Å². The molecule has 1 aromatic carbocycles. The number of benzene rings is 1. The van der Waals surface area contributed by atoms with Gasteiger partial charge in [-0.05, 0) is 24.3 Å². The molecule has 2 aliphatic rings. The fourth-order valence-electron chi connectivity index (χ4n) is 3.05. The number of carbonyl (C=O) groups excluding carboxylic acids is 3. The molecule has 0 radical (unpaired) electrons. The third-order valence-corrected chi connectivity index (χ3v) is 4.34. The third-order valence-electron chi connectivity index (χ3n) is 4.34. The molecule has 2 aliphatic heterocycles. The Hall–Kier alpha value is -2.83. The maximum atomic E-state index is 12.6. The summed E-state index contributed by atoms with van der Waals surface area (Å²) in [4.78, 5) is 41.6. The number of carbonyl (C=O) groups is 3. The summed E-state index contributed by atoms with van der Waals surface area (Å²) in [7, 11) is 1.56. The number of methoxy groups -OCH3 is 1. The van der Waals surface area contributed by atoms with Crippen molar-refractivity contribution in [2.75, 3.05) is 33.3 Å². The van der Waals surface area contributed by atoms with Crippen molar-refractivity contribution in [1.29, 1.82) is 0 Å². The lowest BCUT2D eigenvalue weighted by Gasteiger charge is -2.35. The minimum absolute atomic E-state index is 0.153. The van der Waals surface area contributed by atoms with Crippen LogP contribution in [0.15, 0.2) is 36.9 Å². The molecular formula is C17H19N3O4. The molecule has 2 saturated heterocycles. The van der Waals surface area contributed by atoms with Crippen molar-refractivity contribution in [3.8, 4) is 5.75 Å². The number of piperazine rings is 1. The summed E-state index contributed by atoms with van der Waals surface area (Å²) in [6.45, 7) is 4.73. The van der Waals surface area contributed by atoms with Gasteiger partial charge in [-0.3, -0.25) is 14.5 Å². The van der Waals surface area contributed by atoms with E-state index in [1.165, 1.54) is 15.9 Å². The number of nitrogens with zero attached hydrogens (tertiary/aromatic N) is 3. The number of urea groups is 1. The zero-order valence-electron chi connectivity index (χ0n) is 13.5. The molecule has 4 amide bonds. The van der Waals surface area contributed by atoms with Crippen molar-refractivity contribution in [3.63, 3.8) is 0 Å². The molecule has 2 fully saturated rings. The Morgan fingerprint density at radius 2 is 2.00 bits per heavy atom. The highest BCUT2D eigenvalue weighted by atomic mass is 16.5. The summed E-state index contributed by atoms with van der Waals surface area (Å²) in [6.07, 6.45) is 1.52. The molecule has 0 spiro atoms. The number of hydrogen-bond acceptors (Lipinski definition) is 4. The van der Waals surface area contributed by atoms with E-state index < -0.39 is 6.04 Å². The third kappa shape index (κ3) is 2.62. The average molecular weight is 329 g/mol. The standard InChI is InChI=1S/C17H19N3O4/c1-3-8-20-16(22)14-11-18(9-10-19(14)17(20)23)15(21)12-4-6-13(24-2)7-5-12/h3-7,14H,1,8-11H2,2H3/t14-/m0/s1. The van der Waals surface area contributed by atoms with E-state index in [9.17, 15) is 14.4 Å². The van der Waals surface area contributed by atoms with E-state index in [1.807, 2.05) is 0 Å². The minimum atomic E-state index is -0.603. The van der Waals surface area contributed by atoms with Crippen LogP contribution < -0.4 is 4.74 Å². The second-order valence-corrected chi connectivity index (χ2v) is 5.71. The maximum absolute atomic E-state index is 12.6. The van der Waals surface area contributed by atoms with Crippen LogP contribution in [0.5, 0.6) is 5.75 Å². The van der Waals surface area contributed by atoms with Crippen molar-refractivity contribution in [3.05, 3.63) is 42.5 Å². The summed E-state index contributed by atoms with van der Waals surface area (Å²) < 4.78 is 5.08. The van der Waals surface area contributed by atoms with E-state index in [0.29, 0.717) is 24.4 Å². The van der Waals surface area contributed by atoms with Crippen LogP contribution in [0, 0.1) is 0 Å². The Morgan fingerprint density at radius 3 is 2.62 bits per heavy atom. The molecule has 24 heavy (non-hydrogen) atoms. The van der Waals surface area contributed by atoms with Gasteiger partial charge in [-0.25, -0.2) is 4.79 Å². The molecule has 3 rings (SSSR count). The highest BCUT2D eigenvalue weighted by molar-refractivity contribution is 6.05. The molecule has 7 heteroatoms. The van der Waals surface area contributed by atoms with Crippen LogP contribution in [0.1, 0.15) is 10.4 Å². The molecular weight excluding hydrogens is 310 g/mol. The first-order valence-corrected chi connectivity index (χ1v) is 7.73. The number of hydrogen-bond donors (Lipinski definition) is 0. The summed E-state index contributed by atoms with van der Waals surface area (Å²) in [5.74, 6) is 0.250. The maximum Gasteiger partial charge on any atom is 0.327 e. The predicted molar refractivity (Wildman–Crippen MR) is 86.7 cm³/mol. The van der Waals surface area contributed by atoms with Crippen molar-refractivity contribution in [2.45, 2.75) is 6.04 Å². The van der Waals surface area contributed by atoms with Gasteiger partial charge in [-0.1, -0.05) is 6.08 Å². The lowest BCUT2D eigenvalue weighted by atomic mass is 10.1. The first kappa shape index (κ1) is 16.0. The SMILES string of the molecule is C=CCN1C(=O)[C@@H]2CN(C(=O)c3ccc(OC)cc3)CCN2C1=O. The monoisotopic (exact) mass is 329 g/mol. The Labute approximate surface area is 140 Å². The Morgan fingerprint density at radius 1 is 1.29 bits per heavy atom. The molecule has 7 nitrogen and oxygen atoms in total. The largest absolute Gasteiger partial charge is 0.497 e. The molecule has 1 aromatic rings. The van der Waals surface area contributed by atoms with Gasteiger partial charge in [-0.15, -0.1) is 6.58 Å². The van der Waals surface area contributed by atoms with Gasteiger partial charge in [0.25, 0.3) is 11.8 Å². The number of fused-ring (bicyclic) bond motifs is 1. The zero-order chi connectivity index (χ0) is 17.3. The van der Waals surface area contributed by atoms with Crippen LogP contribution in [-0.4, -0.2) is 71.9 Å². The van der Waals surface area contributed by atoms with Gasteiger partial charge in [0.1, 0.15) is 11.8 Å². The quantitative estimate of drug-likeness (QED) is 0.610. The van der Waals surface area contributed by atoms with Gasteiger partial charge in [-0.2, -0.15) is 0 Å². The summed E-state index contributed by atoms with van der Waals surface area (Å²) in [5, 5.41) is 0. The first-order valence-electron chi connectivity index (χ1n) is 7.73. The fraction of sp³-hybridized carbons (Fsp3) is 0.353. The minimum Gasteiger partial charge on any atom is -0.497 e. The van der Waals surface area contributed by atoms with E-state index in [2.05, 4.69) is 6.58 Å². The van der Waals surface area contributed by atoms with Crippen molar-refractivity contribution in [1.82, 2.24) is 14.7 Å². The lowest BCUT2D eigenvalue weighted by molar-refractivity contribution is -0.128. The molecule has 0 saturated carbocycles. The molecule has 0 aliphatic carbocycles. The smallest absolute Gasteiger partial charge is 0.327 e. The van der Waals surface area contributed by atoms with Crippen LogP contribution in [0.2, 0.25) is 0 Å². The molecule has 0 bridgehead atoms. The fourth-order valence-corrected chi connectivity index (χ4v) is 3.05. The van der Waals surface area contributed by atoms with E-state index in [1.54, 1.807) is 36.3 Å². The van der Waals surface area contributed by atoms with Crippen molar-refractivity contribution < 1.29 is 19.1 Å². The molecule has 0 aromatic heterocycles. The molecule has 0 N–H and O–H groups in total. The lowest BCUT2D eigenvalue weighted by Crippen LogP contribution is -2.54. The number of imide groups is 1. The zero-order valence-corrected chi connectivity index (χ0v) is 13.5. The van der Waals surface area contributed by atoms with Gasteiger partial charge >= 0.3 is 6.03 Å². The average Bonchev–Trinajstić information content (AvgIpc) is 2.86. The van der Waals surface area contributed by atoms with Crippen LogP contribution in [0.25, 0.3) is 0 Å². The Bertz CT molecular complexity index is 686. The number of ether oxygens (including phenoxy) is 1. The van der Waals surface area contributed by atoms with E-state index in [0.717, 1.165) is 0 Å². The number of rotatable bonds is 4. The van der Waals surface area contributed by atoms with Crippen molar-refractivity contribution in [2.24, 2.45) is 0 Å². The van der Waals surface area contributed by atoms with E-state index in [4.69, 9.17) is 4.74 Å². The molecule has 0 unspecified atom stereocenters. The molecule has 1 atom stereocenters. The van der Waals surface area contributed by atoms with E-state index >= 15 is 0 Å². The van der Waals surface area contributed by atoms with Gasteiger partial charge in [0.15, 0.2) is 0 Å². The number of amides is 4. The van der Waals surface area contributed by atoms with Crippen LogP contribution in [-0.2, 0) is 4.79 Å². The Kier molecular flexibility index (Phi) is 4.24. The first-order chi connectivity index (χ1) is 11.6. The summed E-state index contributed by atoms with van der Waals surface area (Å²) in [5.41, 5.74) is 0.531. The highest BCUT2D eigenvalue weighted by Crippen LogP contribution is 2.23. The second-order valence-electron chi connectivity index (χ2n) is 5.71. The van der Waals surface area contributed by atoms with Gasteiger partial charge in [0.05, 0.1) is 13.7 Å². The highest BCUT2D eigenvalue weighted by Gasteiger charge is 2.47. The van der Waals surface area contributed by atoms with Crippen LogP contribution >= 0.6 is 0 Å². The predicted octanol–water partition coefficient (Wildman–Crippen LogP) is 0.970. The van der Waals surface area contributed by atoms with Crippen LogP contribution in [0.4, 0.5) is 4.79 Å². The van der Waals surface area contributed by atoms with Crippen LogP contribution in [0.3, 0.4) is 0 Å². The van der Waals surface area contributed by atoms with Gasteiger partial charge < -0.3 is 14.5 Å². The Balaban J connectivity index is 1.74. The van der Waals surface area contributed by atoms with Gasteiger partial charge in [0.2, 0.25) is 0 Å².